The summed E-state index contributed by atoms with van der Waals surface area (Å²) in [5.41, 5.74) is 11.7. The number of thioether (sulfide) groups is 1. The van der Waals surface area contributed by atoms with Gasteiger partial charge in [0.05, 0.1) is 124 Å². The molecular weight excluding hydrogens is 913 g/mol. The number of nitrogens with zero attached hydrogens (tertiary/aromatic N) is 1. The van der Waals surface area contributed by atoms with Crippen LogP contribution in [0.1, 0.15) is 49.4 Å². The molecule has 0 bridgehead atoms. The summed E-state index contributed by atoms with van der Waals surface area (Å²) in [5.74, 6) is -2.29. The van der Waals surface area contributed by atoms with Gasteiger partial charge in [0.15, 0.2) is 16.9 Å². The van der Waals surface area contributed by atoms with Crippen LogP contribution in [0.3, 0.4) is 0 Å². The monoisotopic (exact) mass is 980 g/mol. The zero-order chi connectivity index (χ0) is 49.5. The molecule has 0 unspecified atom stereocenters. The third-order valence-corrected chi connectivity index (χ3v) is 9.46. The Morgan fingerprint density at radius 2 is 1.18 bits per heavy atom. The lowest BCUT2D eigenvalue weighted by atomic mass is 10.1. The van der Waals surface area contributed by atoms with Crippen LogP contribution in [0.15, 0.2) is 53.5 Å². The van der Waals surface area contributed by atoms with Crippen LogP contribution in [-0.2, 0) is 61.9 Å². The molecule has 0 saturated carbocycles. The van der Waals surface area contributed by atoms with E-state index in [0.29, 0.717) is 142 Å². The highest BCUT2D eigenvalue weighted by atomic mass is 32.2. The second kappa shape index (κ2) is 38.7. The van der Waals surface area contributed by atoms with Gasteiger partial charge in [-0.1, -0.05) is 23.9 Å². The predicted molar refractivity (Wildman–Crippen MR) is 252 cm³/mol. The van der Waals surface area contributed by atoms with E-state index in [4.69, 9.17) is 54.1 Å². The number of carboxylic acids is 1. The summed E-state index contributed by atoms with van der Waals surface area (Å²) in [4.78, 5) is 76.5. The molecule has 68 heavy (non-hydrogen) atoms. The van der Waals surface area contributed by atoms with E-state index in [9.17, 15) is 33.9 Å². The van der Waals surface area contributed by atoms with Crippen molar-refractivity contribution in [2.45, 2.75) is 45.1 Å². The zero-order valence-electron chi connectivity index (χ0n) is 38.7. The molecule has 2 aromatic rings. The molecule has 2 aromatic carbocycles. The number of hydrogen-bond donors (Lipinski definition) is 6. The molecule has 3 amide bonds. The Kier molecular flexibility index (Phi) is 33.5. The topological polar surface area (TPSA) is 306 Å². The van der Waals surface area contributed by atoms with Crippen molar-refractivity contribution in [2.75, 3.05) is 130 Å². The first-order valence-electron chi connectivity index (χ1n) is 22.2. The molecule has 0 aliphatic heterocycles. The summed E-state index contributed by atoms with van der Waals surface area (Å²) in [5, 5.41) is 17.2. The molecule has 0 aliphatic carbocycles. The number of rotatable bonds is 42. The molecule has 1 atom stereocenters. The number of nitrogens with two attached hydrogens (primary N) is 2. The number of carbonyl (C=O) groups excluding carboxylic acids is 5. The molecule has 22 nitrogen and oxygen atoms in total. The summed E-state index contributed by atoms with van der Waals surface area (Å²) in [6.07, 6.45) is -0.430. The quantitative estimate of drug-likeness (QED) is 0.0239. The minimum absolute atomic E-state index is 0.0860. The van der Waals surface area contributed by atoms with Gasteiger partial charge in [-0.15, -0.1) is 0 Å². The van der Waals surface area contributed by atoms with Gasteiger partial charge in [-0.3, -0.25) is 28.8 Å². The average molecular weight is 981 g/mol. The zero-order valence-corrected chi connectivity index (χ0v) is 39.6. The smallest absolute Gasteiger partial charge is 0.305 e. The van der Waals surface area contributed by atoms with Crippen LogP contribution >= 0.6 is 11.8 Å². The molecule has 2 rings (SSSR count). The number of amides is 3. The number of nitrogens with one attached hydrogen (secondary N) is 3. The molecule has 380 valence electrons. The van der Waals surface area contributed by atoms with Crippen LogP contribution in [0.5, 0.6) is 5.75 Å². The number of aliphatic imine (C=N–C) groups is 1. The molecule has 0 saturated heterocycles. The number of Topliss-reactive ketones (excluding diaryl/α,β-unsaturated/α-hetero) is 1. The number of carbonyl (C=O) groups is 6. The SMILES string of the molecule is CC(=O)SCCOCCOCCOCCOCCOCCOCCOCCOCCC(=O)NCCCOc1ccc(NC(=O)[C@H](CC(=O)O)NC(=O)CCC(=O)c2cccc(N=C(N)N)c2)cc1. The fourth-order valence-electron chi connectivity index (χ4n) is 5.41. The van der Waals surface area contributed by atoms with E-state index in [0.717, 1.165) is 0 Å². The van der Waals surface area contributed by atoms with Crippen LogP contribution < -0.4 is 32.2 Å². The van der Waals surface area contributed by atoms with E-state index in [2.05, 4.69) is 20.9 Å². The largest absolute Gasteiger partial charge is 0.494 e. The van der Waals surface area contributed by atoms with Crippen molar-refractivity contribution in [3.05, 3.63) is 54.1 Å². The van der Waals surface area contributed by atoms with Gasteiger partial charge in [-0.2, -0.15) is 0 Å². The van der Waals surface area contributed by atoms with Gasteiger partial charge >= 0.3 is 5.97 Å². The molecule has 0 fully saturated rings. The van der Waals surface area contributed by atoms with E-state index in [1.165, 1.54) is 24.8 Å². The lowest BCUT2D eigenvalue weighted by molar-refractivity contribution is -0.139. The highest BCUT2D eigenvalue weighted by Gasteiger charge is 2.24. The number of hydrogen-bond acceptors (Lipinski definition) is 17. The number of carboxylic acid groups (broad SMARTS) is 1. The van der Waals surface area contributed by atoms with Crippen molar-refractivity contribution < 1.29 is 76.5 Å². The first-order chi connectivity index (χ1) is 32.9. The molecular formula is C45H68N6O16S. The van der Waals surface area contributed by atoms with Gasteiger partial charge in [0.1, 0.15) is 11.8 Å². The Labute approximate surface area is 401 Å². The molecule has 0 aliphatic rings. The molecule has 0 radical (unpaired) electrons. The average Bonchev–Trinajstić information content (AvgIpc) is 3.30. The fourth-order valence-corrected chi connectivity index (χ4v) is 5.90. The van der Waals surface area contributed by atoms with E-state index in [1.807, 2.05) is 0 Å². The lowest BCUT2D eigenvalue weighted by Gasteiger charge is -2.17. The van der Waals surface area contributed by atoms with E-state index in [1.54, 1.807) is 42.5 Å². The maximum Gasteiger partial charge on any atom is 0.305 e. The van der Waals surface area contributed by atoms with Gasteiger partial charge in [-0.05, 0) is 42.8 Å². The van der Waals surface area contributed by atoms with Crippen molar-refractivity contribution >= 4 is 63.7 Å². The maximum atomic E-state index is 12.9. The summed E-state index contributed by atoms with van der Waals surface area (Å²) in [6.45, 7) is 9.15. The van der Waals surface area contributed by atoms with Gasteiger partial charge in [0, 0.05) is 49.7 Å². The summed E-state index contributed by atoms with van der Waals surface area (Å²) < 4.78 is 49.3. The standard InChI is InChI=1S/C45H68N6O16S/c1-34(52)68-31-30-66-29-28-65-27-26-64-25-24-63-23-22-62-21-20-61-19-18-60-17-16-59-15-12-41(54)48-13-3-14-67-38-8-6-36(7-9-38)49-44(58)39(33-43(56)57)51-42(55)11-10-40(53)35-4-2-5-37(32-35)50-45(46)47/h2,4-9,32,39H,3,10-31,33H2,1H3,(H,48,54)(H,49,58)(H,51,55)(H,56,57)(H4,46,47,50)/t39-/m0/s1. The highest BCUT2D eigenvalue weighted by Crippen LogP contribution is 2.18. The maximum absolute atomic E-state index is 12.9. The number of ketones is 1. The molecule has 23 heteroatoms. The Morgan fingerprint density at radius 3 is 1.69 bits per heavy atom. The first-order valence-corrected chi connectivity index (χ1v) is 23.2. The number of aliphatic carboxylic acids is 1. The van der Waals surface area contributed by atoms with Crippen LogP contribution in [0, 0.1) is 0 Å². The summed E-state index contributed by atoms with van der Waals surface area (Å²) >= 11 is 1.24. The predicted octanol–water partition coefficient (Wildman–Crippen LogP) is 1.84. The highest BCUT2D eigenvalue weighted by molar-refractivity contribution is 8.13. The number of guanidine groups is 1. The van der Waals surface area contributed by atoms with E-state index >= 15 is 0 Å². The summed E-state index contributed by atoms with van der Waals surface area (Å²) in [7, 11) is 0. The second-order valence-corrected chi connectivity index (χ2v) is 15.6. The molecule has 0 aromatic heterocycles. The van der Waals surface area contributed by atoms with Crippen LogP contribution in [0.4, 0.5) is 11.4 Å². The van der Waals surface area contributed by atoms with Crippen molar-refractivity contribution in [3.8, 4) is 5.75 Å². The van der Waals surface area contributed by atoms with Gasteiger partial charge in [0.2, 0.25) is 17.7 Å². The third kappa shape index (κ3) is 32.5. The normalized spacial score (nSPS) is 11.4. The molecule has 0 heterocycles. The van der Waals surface area contributed by atoms with Gasteiger partial charge in [0.25, 0.3) is 0 Å². The second-order valence-electron chi connectivity index (χ2n) is 14.3. The Hall–Kier alpha value is -5.24. The Bertz CT molecular complexity index is 1790. The van der Waals surface area contributed by atoms with E-state index in [-0.39, 0.29) is 54.2 Å². The lowest BCUT2D eigenvalue weighted by Crippen LogP contribution is -2.45. The Morgan fingerprint density at radius 1 is 0.647 bits per heavy atom. The summed E-state index contributed by atoms with van der Waals surface area (Å²) in [6, 6.07) is 11.1. The van der Waals surface area contributed by atoms with Gasteiger partial charge < -0.3 is 75.2 Å². The number of anilines is 1. The van der Waals surface area contributed by atoms with Crippen molar-refractivity contribution in [1.29, 1.82) is 0 Å². The van der Waals surface area contributed by atoms with E-state index < -0.39 is 30.2 Å². The minimum Gasteiger partial charge on any atom is -0.494 e. The Balaban J connectivity index is 1.41. The first kappa shape index (κ1) is 58.9. The van der Waals surface area contributed by atoms with Crippen LogP contribution in [0.25, 0.3) is 0 Å². The van der Waals surface area contributed by atoms with Crippen molar-refractivity contribution in [3.63, 3.8) is 0 Å². The van der Waals surface area contributed by atoms with Crippen LogP contribution in [-0.4, -0.2) is 176 Å². The van der Waals surface area contributed by atoms with Crippen LogP contribution in [0.2, 0.25) is 0 Å². The van der Waals surface area contributed by atoms with Gasteiger partial charge in [-0.25, -0.2) is 4.99 Å². The third-order valence-electron chi connectivity index (χ3n) is 8.68. The molecule has 0 spiro atoms. The number of benzene rings is 2. The minimum atomic E-state index is -1.40. The molecule has 8 N–H and O–H groups in total. The fraction of sp³-hybridized carbons (Fsp3) is 0.578. The number of ether oxygens (including phenoxy) is 9. The van der Waals surface area contributed by atoms with Crippen molar-refractivity contribution in [1.82, 2.24) is 10.6 Å². The van der Waals surface area contributed by atoms with Crippen molar-refractivity contribution in [2.24, 2.45) is 16.5 Å².